The van der Waals surface area contributed by atoms with Crippen LogP contribution < -0.4 is 0 Å². The van der Waals surface area contributed by atoms with E-state index in [-0.39, 0.29) is 19.3 Å². The fraction of sp³-hybridized carbons (Fsp3) is 0.692. The van der Waals surface area contributed by atoms with Crippen molar-refractivity contribution in [3.05, 3.63) is 0 Å². The quantitative estimate of drug-likeness (QED) is 0.291. The van der Waals surface area contributed by atoms with Gasteiger partial charge in [-0.25, -0.2) is 4.79 Å². The first kappa shape index (κ1) is 21.9. The van der Waals surface area contributed by atoms with Crippen LogP contribution in [0.15, 0.2) is 0 Å². The zero-order valence-electron chi connectivity index (χ0n) is 12.9. The molecule has 138 valence electrons. The Kier molecular flexibility index (Phi) is 9.73. The van der Waals surface area contributed by atoms with Gasteiger partial charge in [-0.15, -0.1) is 5.06 Å². The van der Waals surface area contributed by atoms with E-state index < -0.39 is 62.0 Å². The Morgan fingerprint density at radius 1 is 0.917 bits per heavy atom. The van der Waals surface area contributed by atoms with Crippen LogP contribution in [0.2, 0.25) is 0 Å². The van der Waals surface area contributed by atoms with Gasteiger partial charge in [0, 0.05) is 12.8 Å². The zero-order valence-corrected chi connectivity index (χ0v) is 12.9. The number of carboxylic acids is 1. The molecule has 0 aromatic carbocycles. The van der Waals surface area contributed by atoms with Crippen molar-refractivity contribution in [2.24, 2.45) is 5.41 Å². The van der Waals surface area contributed by atoms with Gasteiger partial charge in [-0.1, -0.05) is 0 Å². The topological polar surface area (TPSA) is 182 Å². The molecule has 0 bridgehead atoms. The normalized spacial score (nSPS) is 14.2. The SMILES string of the molecule is O=C(O)CCC(=O)ON1C(=O)CCC1=O.OCC(CO)(CO)CO. The fourth-order valence-corrected chi connectivity index (χ4v) is 1.31. The van der Waals surface area contributed by atoms with Gasteiger partial charge in [0.15, 0.2) is 0 Å². The molecule has 0 radical (unpaired) electrons. The molecule has 0 unspecified atom stereocenters. The number of aliphatic hydroxyl groups is 4. The van der Waals surface area contributed by atoms with Gasteiger partial charge in [-0.2, -0.15) is 0 Å². The van der Waals surface area contributed by atoms with Gasteiger partial charge in [0.2, 0.25) is 0 Å². The Labute approximate surface area is 137 Å². The molecule has 1 saturated heterocycles. The maximum atomic E-state index is 11.0. The third-order valence-electron chi connectivity index (χ3n) is 3.08. The van der Waals surface area contributed by atoms with E-state index in [0.717, 1.165) is 0 Å². The zero-order chi connectivity index (χ0) is 18.8. The van der Waals surface area contributed by atoms with Gasteiger partial charge >= 0.3 is 11.9 Å². The lowest BCUT2D eigenvalue weighted by molar-refractivity contribution is -0.197. The third kappa shape index (κ3) is 7.00. The summed E-state index contributed by atoms with van der Waals surface area (Å²) < 4.78 is 0. The van der Waals surface area contributed by atoms with E-state index in [0.29, 0.717) is 5.06 Å². The highest BCUT2D eigenvalue weighted by atomic mass is 16.7. The number of hydrogen-bond acceptors (Lipinski definition) is 9. The number of carboxylic acid groups (broad SMARTS) is 1. The van der Waals surface area contributed by atoms with Gasteiger partial charge in [0.1, 0.15) is 0 Å². The van der Waals surface area contributed by atoms with E-state index >= 15 is 0 Å². The van der Waals surface area contributed by atoms with Crippen LogP contribution in [-0.4, -0.2) is 80.8 Å². The summed E-state index contributed by atoms with van der Waals surface area (Å²) in [5.74, 6) is -3.21. The van der Waals surface area contributed by atoms with Gasteiger partial charge in [-0.05, 0) is 0 Å². The first-order chi connectivity index (χ1) is 11.2. The molecule has 0 atom stereocenters. The molecule has 24 heavy (non-hydrogen) atoms. The summed E-state index contributed by atoms with van der Waals surface area (Å²) in [6, 6.07) is 0. The second kappa shape index (κ2) is 10.6. The molecule has 0 aromatic rings. The number of carbonyl (C=O) groups excluding carboxylic acids is 3. The minimum absolute atomic E-state index is 0.0189. The summed E-state index contributed by atoms with van der Waals surface area (Å²) in [5, 5.41) is 42.7. The smallest absolute Gasteiger partial charge is 0.333 e. The molecule has 1 rings (SSSR count). The van der Waals surface area contributed by atoms with Gasteiger partial charge in [-0.3, -0.25) is 14.4 Å². The second-order valence-electron chi connectivity index (χ2n) is 5.07. The number of carbonyl (C=O) groups is 4. The Hall–Kier alpha value is -2.08. The average molecular weight is 351 g/mol. The molecule has 5 N–H and O–H groups in total. The van der Waals surface area contributed by atoms with Crippen molar-refractivity contribution in [2.45, 2.75) is 25.7 Å². The molecule has 1 fully saturated rings. The van der Waals surface area contributed by atoms with E-state index in [1.807, 2.05) is 0 Å². The van der Waals surface area contributed by atoms with Crippen LogP contribution in [0.25, 0.3) is 0 Å². The molecule has 1 aliphatic heterocycles. The molecule has 11 nitrogen and oxygen atoms in total. The molecule has 1 heterocycles. The molecular formula is C13H21NO10. The van der Waals surface area contributed by atoms with E-state index in [4.69, 9.17) is 25.5 Å². The second-order valence-corrected chi connectivity index (χ2v) is 5.07. The van der Waals surface area contributed by atoms with Gasteiger partial charge < -0.3 is 30.4 Å². The van der Waals surface area contributed by atoms with Crippen LogP contribution >= 0.6 is 0 Å². The van der Waals surface area contributed by atoms with Crippen molar-refractivity contribution in [3.63, 3.8) is 0 Å². The Morgan fingerprint density at radius 3 is 1.62 bits per heavy atom. The van der Waals surface area contributed by atoms with Crippen molar-refractivity contribution in [2.75, 3.05) is 26.4 Å². The average Bonchev–Trinajstić information content (AvgIpc) is 2.88. The van der Waals surface area contributed by atoms with E-state index in [1.165, 1.54) is 0 Å². The van der Waals surface area contributed by atoms with E-state index in [1.54, 1.807) is 0 Å². The van der Waals surface area contributed by atoms with Crippen LogP contribution in [0.3, 0.4) is 0 Å². The number of hydrogen-bond donors (Lipinski definition) is 5. The highest BCUT2D eigenvalue weighted by molar-refractivity contribution is 6.01. The van der Waals surface area contributed by atoms with Crippen molar-refractivity contribution < 1.29 is 49.5 Å². The molecule has 0 aliphatic carbocycles. The summed E-state index contributed by atoms with van der Waals surface area (Å²) in [6.07, 6.45) is -0.725. The van der Waals surface area contributed by atoms with Crippen molar-refractivity contribution in [1.29, 1.82) is 0 Å². The number of nitrogens with zero attached hydrogens (tertiary/aromatic N) is 1. The predicted molar refractivity (Wildman–Crippen MR) is 74.8 cm³/mol. The molecule has 0 saturated carbocycles. The monoisotopic (exact) mass is 351 g/mol. The van der Waals surface area contributed by atoms with Gasteiger partial charge in [0.05, 0.1) is 44.7 Å². The maximum absolute atomic E-state index is 11.0. The standard InChI is InChI=1S/C8H9NO6.C5H12O4/c10-5-1-2-6(11)9(5)15-8(14)4-3-7(12)13;6-1-5(2-7,3-8)4-9/h1-4H2,(H,12,13);6-9H,1-4H2. The molecule has 1 aliphatic rings. The molecule has 11 heteroatoms. The lowest BCUT2D eigenvalue weighted by atomic mass is 9.93. The number of rotatable bonds is 8. The fourth-order valence-electron chi connectivity index (χ4n) is 1.31. The minimum atomic E-state index is -1.15. The lowest BCUT2D eigenvalue weighted by Crippen LogP contribution is -2.37. The lowest BCUT2D eigenvalue weighted by Gasteiger charge is -2.23. The van der Waals surface area contributed by atoms with Crippen LogP contribution in [0.1, 0.15) is 25.7 Å². The van der Waals surface area contributed by atoms with Crippen LogP contribution in [0.4, 0.5) is 0 Å². The Bertz CT molecular complexity index is 426. The molecular weight excluding hydrogens is 330 g/mol. The number of aliphatic hydroxyl groups excluding tert-OH is 4. The number of amides is 2. The Balaban J connectivity index is 0.000000506. The number of imide groups is 1. The van der Waals surface area contributed by atoms with E-state index in [9.17, 15) is 19.2 Å². The summed E-state index contributed by atoms with van der Waals surface area (Å²) in [7, 11) is 0. The summed E-state index contributed by atoms with van der Waals surface area (Å²) in [6.45, 7) is -1.62. The van der Waals surface area contributed by atoms with Crippen LogP contribution in [0, 0.1) is 5.41 Å². The number of hydroxylamine groups is 2. The summed E-state index contributed by atoms with van der Waals surface area (Å²) in [4.78, 5) is 47.4. The number of aliphatic carboxylic acids is 1. The molecule has 0 spiro atoms. The largest absolute Gasteiger partial charge is 0.481 e. The minimum Gasteiger partial charge on any atom is -0.481 e. The first-order valence-corrected chi connectivity index (χ1v) is 6.97. The third-order valence-corrected chi connectivity index (χ3v) is 3.08. The predicted octanol–water partition coefficient (Wildman–Crippen LogP) is -2.60. The highest BCUT2D eigenvalue weighted by Gasteiger charge is 2.32. The van der Waals surface area contributed by atoms with Gasteiger partial charge in [0.25, 0.3) is 11.8 Å². The highest BCUT2D eigenvalue weighted by Crippen LogP contribution is 2.13. The summed E-state index contributed by atoms with van der Waals surface area (Å²) in [5.41, 5.74) is -1.11. The maximum Gasteiger partial charge on any atom is 0.333 e. The summed E-state index contributed by atoms with van der Waals surface area (Å²) >= 11 is 0. The van der Waals surface area contributed by atoms with Crippen molar-refractivity contribution >= 4 is 23.8 Å². The van der Waals surface area contributed by atoms with Crippen molar-refractivity contribution in [3.8, 4) is 0 Å². The molecule has 2 amide bonds. The Morgan fingerprint density at radius 2 is 1.33 bits per heavy atom. The molecule has 0 aromatic heterocycles. The van der Waals surface area contributed by atoms with Crippen LogP contribution in [-0.2, 0) is 24.0 Å². The van der Waals surface area contributed by atoms with Crippen molar-refractivity contribution in [1.82, 2.24) is 5.06 Å². The first-order valence-electron chi connectivity index (χ1n) is 6.97. The van der Waals surface area contributed by atoms with Crippen LogP contribution in [0.5, 0.6) is 0 Å². The van der Waals surface area contributed by atoms with E-state index in [2.05, 4.69) is 4.84 Å².